The van der Waals surface area contributed by atoms with Crippen molar-refractivity contribution in [3.05, 3.63) is 89.0 Å². The van der Waals surface area contributed by atoms with Gasteiger partial charge in [0, 0.05) is 39.5 Å². The molecule has 0 saturated carbocycles. The molecule has 0 spiro atoms. The van der Waals surface area contributed by atoms with Gasteiger partial charge in [0.15, 0.2) is 5.11 Å². The highest BCUT2D eigenvalue weighted by Crippen LogP contribution is 2.35. The number of halogens is 3. The minimum Gasteiger partial charge on any atom is -0.385 e. The lowest BCUT2D eigenvalue weighted by atomic mass is 9.92. The first-order chi connectivity index (χ1) is 20.2. The molecule has 0 aliphatic rings. The van der Waals surface area contributed by atoms with Gasteiger partial charge in [-0.05, 0) is 60.8 Å². The van der Waals surface area contributed by atoms with Crippen molar-refractivity contribution < 1.29 is 22.7 Å². The summed E-state index contributed by atoms with van der Waals surface area (Å²) < 4.78 is 48.7. The first-order valence-corrected chi connectivity index (χ1v) is 14.1. The summed E-state index contributed by atoms with van der Waals surface area (Å²) in [6, 6.07) is 14.3. The van der Waals surface area contributed by atoms with Gasteiger partial charge in [-0.25, -0.2) is 15.4 Å². The molecule has 0 aliphatic heterocycles. The van der Waals surface area contributed by atoms with Gasteiger partial charge in [-0.3, -0.25) is 4.79 Å². The number of ether oxygens (including phenoxy) is 1. The van der Waals surface area contributed by atoms with Crippen LogP contribution in [0.3, 0.4) is 0 Å². The minimum atomic E-state index is -4.59. The third-order valence-electron chi connectivity index (χ3n) is 6.61. The van der Waals surface area contributed by atoms with E-state index in [0.29, 0.717) is 43.9 Å². The number of aromatic nitrogens is 2. The molecule has 2 N–H and O–H groups in total. The van der Waals surface area contributed by atoms with Crippen LogP contribution in [0.4, 0.5) is 13.2 Å². The Balaban J connectivity index is 2.02. The molecule has 1 aromatic heterocycles. The molecule has 42 heavy (non-hydrogen) atoms. The molecule has 1 unspecified atom stereocenters. The van der Waals surface area contributed by atoms with E-state index in [1.54, 1.807) is 42.3 Å². The Hall–Kier alpha value is -3.79. The second-order valence-electron chi connectivity index (χ2n) is 9.68. The van der Waals surface area contributed by atoms with E-state index in [2.05, 4.69) is 21.8 Å². The molecule has 0 bridgehead atoms. The molecule has 1 heterocycles. The predicted octanol–water partition coefficient (Wildman–Crippen LogP) is 5.19. The summed E-state index contributed by atoms with van der Waals surface area (Å²) >= 11 is 5.57. The van der Waals surface area contributed by atoms with Crippen LogP contribution in [0, 0.1) is 11.3 Å². The summed E-state index contributed by atoms with van der Waals surface area (Å²) in [6.07, 6.45) is 0.488. The number of carbonyl (C=O) groups is 1. The van der Waals surface area contributed by atoms with Crippen LogP contribution in [-0.2, 0) is 28.7 Å². The number of amides is 1. The van der Waals surface area contributed by atoms with Crippen molar-refractivity contribution in [3.8, 4) is 6.07 Å². The predicted molar refractivity (Wildman–Crippen MR) is 157 cm³/mol. The molecular formula is C30H35F3N6O2S. The molecule has 0 saturated heterocycles. The largest absolute Gasteiger partial charge is 0.416 e. The number of alkyl halides is 3. The molecule has 224 valence electrons. The van der Waals surface area contributed by atoms with Gasteiger partial charge in [0.1, 0.15) is 0 Å². The van der Waals surface area contributed by atoms with Crippen LogP contribution in [-0.4, -0.2) is 52.4 Å². The highest BCUT2D eigenvalue weighted by molar-refractivity contribution is 7.80. The van der Waals surface area contributed by atoms with Crippen LogP contribution in [0.25, 0.3) is 0 Å². The van der Waals surface area contributed by atoms with Crippen LogP contribution in [0.15, 0.2) is 61.1 Å². The smallest absolute Gasteiger partial charge is 0.385 e. The lowest BCUT2D eigenvalue weighted by molar-refractivity contribution is -0.139. The summed E-state index contributed by atoms with van der Waals surface area (Å²) in [4.78, 5) is 18.5. The Morgan fingerprint density at radius 1 is 1.17 bits per heavy atom. The van der Waals surface area contributed by atoms with Crippen molar-refractivity contribution in [2.45, 2.75) is 51.2 Å². The van der Waals surface area contributed by atoms with Gasteiger partial charge in [0.05, 0.1) is 35.1 Å². The monoisotopic (exact) mass is 600 g/mol. The molecular weight excluding hydrogens is 565 g/mol. The van der Waals surface area contributed by atoms with Gasteiger partial charge >= 0.3 is 6.18 Å². The fourth-order valence-electron chi connectivity index (χ4n) is 4.41. The summed E-state index contributed by atoms with van der Waals surface area (Å²) in [5.41, 5.74) is 4.04. The Kier molecular flexibility index (Phi) is 12.5. The zero-order valence-corrected chi connectivity index (χ0v) is 24.5. The lowest BCUT2D eigenvalue weighted by Crippen LogP contribution is -2.54. The second kappa shape index (κ2) is 16.0. The number of hydrogen-bond donors (Lipinski definition) is 2. The number of hydrazine groups is 1. The van der Waals surface area contributed by atoms with Crippen molar-refractivity contribution in [1.82, 2.24) is 25.3 Å². The Morgan fingerprint density at radius 3 is 2.57 bits per heavy atom. The van der Waals surface area contributed by atoms with Gasteiger partial charge in [0.2, 0.25) is 0 Å². The Bertz CT molecular complexity index is 1350. The lowest BCUT2D eigenvalue weighted by Gasteiger charge is -2.29. The molecule has 3 aromatic rings. The van der Waals surface area contributed by atoms with Crippen molar-refractivity contribution in [2.24, 2.45) is 0 Å². The quantitative estimate of drug-likeness (QED) is 0.149. The number of benzene rings is 2. The van der Waals surface area contributed by atoms with Gasteiger partial charge in [-0.2, -0.15) is 18.4 Å². The van der Waals surface area contributed by atoms with Crippen molar-refractivity contribution >= 4 is 23.2 Å². The van der Waals surface area contributed by atoms with Gasteiger partial charge in [0.25, 0.3) is 5.91 Å². The number of hydrogen-bond acceptors (Lipinski definition) is 6. The van der Waals surface area contributed by atoms with Crippen LogP contribution in [0.2, 0.25) is 0 Å². The van der Waals surface area contributed by atoms with E-state index >= 15 is 0 Å². The third-order valence-corrected chi connectivity index (χ3v) is 6.93. The van der Waals surface area contributed by atoms with Crippen molar-refractivity contribution in [3.63, 3.8) is 0 Å². The Labute approximate surface area is 249 Å². The maximum absolute atomic E-state index is 14.3. The normalized spacial score (nSPS) is 12.0. The zero-order chi connectivity index (χ0) is 30.5. The van der Waals surface area contributed by atoms with Gasteiger partial charge in [-0.1, -0.05) is 43.7 Å². The maximum Gasteiger partial charge on any atom is 0.416 e. The number of unbranched alkanes of at least 4 members (excludes halogenated alkanes) is 1. The molecule has 3 rings (SSSR count). The maximum atomic E-state index is 14.3. The number of thiocarbonyl (C=S) groups is 1. The van der Waals surface area contributed by atoms with Crippen LogP contribution >= 0.6 is 12.2 Å². The molecule has 1 amide bonds. The summed E-state index contributed by atoms with van der Waals surface area (Å²) in [5.74, 6) is -1.56. The molecule has 0 fully saturated rings. The topological polar surface area (TPSA) is 95.2 Å². The SMILES string of the molecule is CCCCNN(C(=O)C(Cc1ccccc1C(F)(F)F)c1cncn1Cc1ccc(C#N)cc1)C(=S)NCCCOC. The van der Waals surface area contributed by atoms with E-state index in [0.717, 1.165) is 24.5 Å². The molecule has 0 aliphatic carbocycles. The first-order valence-electron chi connectivity index (χ1n) is 13.7. The van der Waals surface area contributed by atoms with Crippen LogP contribution < -0.4 is 10.7 Å². The average molecular weight is 601 g/mol. The van der Waals surface area contributed by atoms with Crippen molar-refractivity contribution in [2.75, 3.05) is 26.8 Å². The number of nitrogens with one attached hydrogen (secondary N) is 2. The summed E-state index contributed by atoms with van der Waals surface area (Å²) in [6.45, 7) is 3.70. The Morgan fingerprint density at radius 2 is 1.90 bits per heavy atom. The average Bonchev–Trinajstić information content (AvgIpc) is 3.43. The van der Waals surface area contributed by atoms with Gasteiger partial charge < -0.3 is 14.6 Å². The van der Waals surface area contributed by atoms with Gasteiger partial charge in [-0.15, -0.1) is 0 Å². The van der Waals surface area contributed by atoms with E-state index in [9.17, 15) is 18.0 Å². The summed E-state index contributed by atoms with van der Waals surface area (Å²) in [7, 11) is 1.59. The standard InChI is InChI=1S/C30H35F3N6O2S/c1-3-4-15-37-39(29(42)36-14-7-16-41-2)28(40)25(17-24-8-5-6-9-26(24)30(31,32)33)27-19-35-21-38(27)20-23-12-10-22(18-34)11-13-23/h5-6,8-13,19,21,25,37H,3-4,7,14-17,20H2,1-2H3,(H,36,42). The number of nitriles is 1. The molecule has 12 heteroatoms. The fraction of sp³-hybridized carbons (Fsp3) is 0.400. The van der Waals surface area contributed by atoms with E-state index in [4.69, 9.17) is 22.2 Å². The highest BCUT2D eigenvalue weighted by Gasteiger charge is 2.36. The second-order valence-corrected chi connectivity index (χ2v) is 10.1. The zero-order valence-electron chi connectivity index (χ0n) is 23.7. The number of imidazole rings is 1. The van der Waals surface area contributed by atoms with E-state index in [1.807, 2.05) is 6.92 Å². The van der Waals surface area contributed by atoms with E-state index in [1.165, 1.54) is 29.4 Å². The summed E-state index contributed by atoms with van der Waals surface area (Å²) in [5, 5.41) is 13.5. The van der Waals surface area contributed by atoms with Crippen LogP contribution in [0.5, 0.6) is 0 Å². The fourth-order valence-corrected chi connectivity index (χ4v) is 4.67. The van der Waals surface area contributed by atoms with E-state index in [-0.39, 0.29) is 17.1 Å². The highest BCUT2D eigenvalue weighted by atomic mass is 32.1. The molecule has 2 aromatic carbocycles. The van der Waals surface area contributed by atoms with Crippen molar-refractivity contribution in [1.29, 1.82) is 5.26 Å². The number of rotatable bonds is 14. The number of nitrogens with zero attached hydrogens (tertiary/aromatic N) is 4. The first kappa shape index (κ1) is 32.7. The number of carbonyl (C=O) groups excluding carboxylic acids is 1. The molecule has 1 atom stereocenters. The minimum absolute atomic E-state index is 0.0121. The van der Waals surface area contributed by atoms with Crippen LogP contribution in [0.1, 0.15) is 60.1 Å². The molecule has 0 radical (unpaired) electrons. The molecule has 8 nitrogen and oxygen atoms in total. The number of methoxy groups -OCH3 is 1. The third kappa shape index (κ3) is 9.11. The van der Waals surface area contributed by atoms with E-state index < -0.39 is 23.6 Å².